The molecule has 2 saturated heterocycles. The number of anilines is 1. The van der Waals surface area contributed by atoms with Crippen LogP contribution in [0.15, 0.2) is 48.5 Å². The normalized spacial score (nSPS) is 31.7. The van der Waals surface area contributed by atoms with Crippen LogP contribution < -0.4 is 15.4 Å². The van der Waals surface area contributed by atoms with Crippen molar-refractivity contribution in [2.24, 2.45) is 17.8 Å². The fourth-order valence-corrected chi connectivity index (χ4v) is 21.6. The summed E-state index contributed by atoms with van der Waals surface area (Å²) in [6, 6.07) is 14.6. The van der Waals surface area contributed by atoms with Gasteiger partial charge in [-0.3, -0.25) is 14.9 Å². The van der Waals surface area contributed by atoms with E-state index >= 15 is 4.79 Å². The van der Waals surface area contributed by atoms with Crippen LogP contribution in [0.2, 0.25) is 0 Å². The molecule has 12 rings (SSSR count). The lowest BCUT2D eigenvalue weighted by atomic mass is 9.63. The fraction of sp³-hybridized carbons (Fsp3) is 0.600. The molecule has 3 aliphatic carbocycles. The first-order valence-electron chi connectivity index (χ1n) is 28.0. The highest BCUT2D eigenvalue weighted by Gasteiger charge is 2.50. The molecule has 0 amide bonds. The number of Topliss-reactive ketones (excluding diaryl/α,β-unsaturated/α-hetero) is 2. The number of hydrogen-bond donors (Lipinski definition) is 8. The van der Waals surface area contributed by atoms with E-state index in [1.165, 1.54) is 0 Å². The number of ketones is 2. The number of aliphatic hydroxyl groups is 4. The van der Waals surface area contributed by atoms with Gasteiger partial charge in [-0.05, 0) is 182 Å². The monoisotopic (exact) mass is 1110 g/mol. The molecule has 0 aromatic heterocycles. The SMILES string of the molecule is COc1c(O)ccc2c1-c1ccc3ccc(O)cc3c1CSS[C@@]13CC[C@H](C[C@H]1O)[C@H](CC(=O)CC2)O[C@H]1N[C@H](CCC2(O)CCCCC2)[C@@H](CSSC3)C[C@H]2c3c1cc(CO)c1c3[C@H](CC[C@H](C(C)=O)N1)C[C@H]2CO. The zero-order chi connectivity index (χ0) is 52.9. The van der Waals surface area contributed by atoms with Gasteiger partial charge in [0.1, 0.15) is 17.8 Å². The predicted molar refractivity (Wildman–Crippen MR) is 307 cm³/mol. The molecule has 16 heteroatoms. The number of phenolic OH excluding ortho intramolecular Hbond substituents is 2. The van der Waals surface area contributed by atoms with Gasteiger partial charge in [-0.25, -0.2) is 0 Å². The van der Waals surface area contributed by atoms with Crippen LogP contribution in [0.25, 0.3) is 21.9 Å². The van der Waals surface area contributed by atoms with Crippen LogP contribution >= 0.6 is 43.2 Å². The van der Waals surface area contributed by atoms with E-state index < -0.39 is 34.8 Å². The highest BCUT2D eigenvalue weighted by Crippen LogP contribution is 2.58. The summed E-state index contributed by atoms with van der Waals surface area (Å²) in [6.45, 7) is 1.39. The molecule has 2 saturated carbocycles. The first-order valence-corrected chi connectivity index (χ1v) is 32.8. The Morgan fingerprint density at radius 2 is 1.74 bits per heavy atom. The van der Waals surface area contributed by atoms with Gasteiger partial charge in [0, 0.05) is 59.6 Å². The molecule has 5 aliphatic heterocycles. The summed E-state index contributed by atoms with van der Waals surface area (Å²) in [6.07, 6.45) is 9.54. The summed E-state index contributed by atoms with van der Waals surface area (Å²) in [5.74, 6) is 2.40. The van der Waals surface area contributed by atoms with E-state index in [1.54, 1.807) is 53.8 Å². The third-order valence-corrected chi connectivity index (χ3v) is 24.9. The van der Waals surface area contributed by atoms with E-state index in [4.69, 9.17) is 9.47 Å². The maximum absolute atomic E-state index is 15.0. The molecule has 410 valence electrons. The van der Waals surface area contributed by atoms with Crippen molar-refractivity contribution in [3.63, 3.8) is 0 Å². The van der Waals surface area contributed by atoms with Crippen molar-refractivity contribution in [1.29, 1.82) is 0 Å². The van der Waals surface area contributed by atoms with Gasteiger partial charge in [-0.2, -0.15) is 0 Å². The number of benzene rings is 4. The van der Waals surface area contributed by atoms with Gasteiger partial charge in [0.2, 0.25) is 0 Å². The fourth-order valence-electron chi connectivity index (χ4n) is 14.6. The number of carbonyl (C=O) groups is 2. The van der Waals surface area contributed by atoms with Crippen LogP contribution in [-0.4, -0.2) is 102 Å². The van der Waals surface area contributed by atoms with Crippen molar-refractivity contribution in [2.75, 3.05) is 30.5 Å². The molecule has 0 unspecified atom stereocenters. The molecular weight excluding hydrogens is 1040 g/mol. The zero-order valence-electron chi connectivity index (χ0n) is 43.9. The van der Waals surface area contributed by atoms with Gasteiger partial charge < -0.3 is 45.4 Å². The molecular formula is C60H76N2O10S4. The van der Waals surface area contributed by atoms with E-state index in [-0.39, 0.29) is 84.8 Å². The van der Waals surface area contributed by atoms with Crippen LogP contribution in [0.1, 0.15) is 161 Å². The lowest BCUT2D eigenvalue weighted by Gasteiger charge is -2.48. The van der Waals surface area contributed by atoms with Gasteiger partial charge in [0.25, 0.3) is 0 Å². The Morgan fingerprint density at radius 1 is 0.908 bits per heavy atom. The maximum atomic E-state index is 15.0. The minimum atomic E-state index is -0.751. The van der Waals surface area contributed by atoms with E-state index in [9.17, 15) is 35.4 Å². The first-order chi connectivity index (χ1) is 36.8. The van der Waals surface area contributed by atoms with Gasteiger partial charge in [0.15, 0.2) is 17.3 Å². The molecule has 0 radical (unpaired) electrons. The van der Waals surface area contributed by atoms with Gasteiger partial charge >= 0.3 is 0 Å². The second-order valence-electron chi connectivity index (χ2n) is 23.4. The molecule has 0 spiro atoms. The lowest BCUT2D eigenvalue weighted by Crippen LogP contribution is -2.51. The smallest absolute Gasteiger partial charge is 0.168 e. The third kappa shape index (κ3) is 10.8. The molecule has 5 bridgehead atoms. The standard InChI is InChI=1S/C60H76N2O10S4/c1-33(65)48-14-9-37-22-38(28-63)45-24-40-30-73-75-32-60-21-16-36(25-52(60)69)51(72-58(46-23-39(29-64)56(61-48)54(37)55(45)46)62-49(40)17-20-59(70)18-4-3-5-19-59)27-42(67)12-7-35-10-15-50(68)57(71-2)53(35)43-13-8-34-6-11-41(66)26-44(34)47(43)31-74-76-60/h6,8,10-11,13,15,23,26,36-38,40,45,48-49,51-52,58,61-64,66,68-70H,3-5,7,9,12,14,16-22,24-25,27-32H2,1-2H3/t36-,37-,38+,40-,45-,48-,49-,51+,52-,58-,60-/m1/s1. The third-order valence-electron chi connectivity index (χ3n) is 18.9. The summed E-state index contributed by atoms with van der Waals surface area (Å²) in [5.41, 5.74) is 7.32. The Bertz CT molecular complexity index is 2810. The molecule has 76 heavy (non-hydrogen) atoms. The number of aliphatic hydroxyl groups excluding tert-OH is 3. The topological polar surface area (TPSA) is 198 Å². The number of ether oxygens (including phenoxy) is 2. The summed E-state index contributed by atoms with van der Waals surface area (Å²) >= 11 is 0. The highest BCUT2D eigenvalue weighted by atomic mass is 33.1. The van der Waals surface area contributed by atoms with Gasteiger partial charge in [0.05, 0.1) is 42.3 Å². The summed E-state index contributed by atoms with van der Waals surface area (Å²) in [5, 5.41) is 79.6. The minimum absolute atomic E-state index is 0.00979. The quantitative estimate of drug-likeness (QED) is 0.0813. The van der Waals surface area contributed by atoms with E-state index in [1.807, 2.05) is 39.8 Å². The predicted octanol–water partition coefficient (Wildman–Crippen LogP) is 11.4. The number of nitrogens with one attached hydrogen (secondary N) is 2. The number of carbonyl (C=O) groups excluding carboxylic acids is 2. The van der Waals surface area contributed by atoms with E-state index in [2.05, 4.69) is 22.8 Å². The number of fused-ring (bicyclic) bond motifs is 9. The molecule has 4 aromatic rings. The van der Waals surface area contributed by atoms with Crippen molar-refractivity contribution >= 4 is 71.2 Å². The maximum Gasteiger partial charge on any atom is 0.168 e. The first kappa shape index (κ1) is 54.8. The Kier molecular flexibility index (Phi) is 16.7. The minimum Gasteiger partial charge on any atom is -0.508 e. The van der Waals surface area contributed by atoms with E-state index in [0.29, 0.717) is 60.5 Å². The summed E-state index contributed by atoms with van der Waals surface area (Å²) < 4.78 is 13.2. The van der Waals surface area contributed by atoms with E-state index in [0.717, 1.165) is 120 Å². The average Bonchev–Trinajstić information content (AvgIpc) is 3.64. The molecule has 8 N–H and O–H groups in total. The number of aromatic hydroxyl groups is 2. The molecule has 5 heterocycles. The Hall–Kier alpha value is -3.16. The number of aryl methyl sites for hydroxylation is 1. The van der Waals surface area contributed by atoms with Crippen LogP contribution in [0.4, 0.5) is 5.69 Å². The Balaban J connectivity index is 1.06. The summed E-state index contributed by atoms with van der Waals surface area (Å²) in [7, 11) is 8.68. The van der Waals surface area contributed by atoms with Crippen LogP contribution in [-0.2, 0) is 33.1 Å². The Labute approximate surface area is 463 Å². The van der Waals surface area contributed by atoms with Crippen LogP contribution in [0, 0.1) is 17.8 Å². The molecule has 12 nitrogen and oxygen atoms in total. The number of rotatable bonds is 7. The molecule has 4 fully saturated rings. The largest absolute Gasteiger partial charge is 0.508 e. The van der Waals surface area contributed by atoms with Crippen molar-refractivity contribution in [3.05, 3.63) is 81.9 Å². The molecule has 11 atom stereocenters. The number of phenols is 2. The lowest BCUT2D eigenvalue weighted by molar-refractivity contribution is -0.130. The van der Waals surface area contributed by atoms with Crippen LogP contribution in [0.3, 0.4) is 0 Å². The van der Waals surface area contributed by atoms with Crippen molar-refractivity contribution in [2.45, 2.75) is 181 Å². The summed E-state index contributed by atoms with van der Waals surface area (Å²) in [4.78, 5) is 28.2. The van der Waals surface area contributed by atoms with Gasteiger partial charge in [-0.15, -0.1) is 0 Å². The average molecular weight is 1110 g/mol. The number of methoxy groups -OCH3 is 1. The second-order valence-corrected chi connectivity index (χ2v) is 28.6. The second kappa shape index (κ2) is 23.1. The molecule has 8 aliphatic rings. The van der Waals surface area contributed by atoms with Crippen molar-refractivity contribution < 1.29 is 49.7 Å². The van der Waals surface area contributed by atoms with Crippen molar-refractivity contribution in [1.82, 2.24) is 5.32 Å². The zero-order valence-corrected chi connectivity index (χ0v) is 47.2. The highest BCUT2D eigenvalue weighted by molar-refractivity contribution is 8.78. The number of hydrogen-bond acceptors (Lipinski definition) is 16. The van der Waals surface area contributed by atoms with Crippen molar-refractivity contribution in [3.8, 4) is 28.4 Å². The van der Waals surface area contributed by atoms with Gasteiger partial charge in [-0.1, -0.05) is 86.7 Å². The van der Waals surface area contributed by atoms with Crippen LogP contribution in [0.5, 0.6) is 17.2 Å². The Morgan fingerprint density at radius 3 is 2.51 bits per heavy atom. The molecule has 4 aromatic carbocycles.